The molecule has 1 fully saturated rings. The van der Waals surface area contributed by atoms with E-state index in [0.29, 0.717) is 48.0 Å². The number of hydrogen-bond acceptors (Lipinski definition) is 5. The van der Waals surface area contributed by atoms with Crippen molar-refractivity contribution in [2.75, 3.05) is 18.8 Å². The van der Waals surface area contributed by atoms with Crippen LogP contribution < -0.4 is 5.73 Å². The summed E-state index contributed by atoms with van der Waals surface area (Å²) in [7, 11) is 0. The van der Waals surface area contributed by atoms with Gasteiger partial charge < -0.3 is 10.6 Å². The molecule has 3 heterocycles. The molecule has 0 aliphatic carbocycles. The summed E-state index contributed by atoms with van der Waals surface area (Å²) in [6, 6.07) is 9.60. The van der Waals surface area contributed by atoms with E-state index in [0.717, 1.165) is 12.4 Å². The number of pyridine rings is 1. The van der Waals surface area contributed by atoms with Gasteiger partial charge in [-0.15, -0.1) is 0 Å². The Labute approximate surface area is 166 Å². The molecule has 1 aromatic carbocycles. The molecule has 1 amide bonds. The van der Waals surface area contributed by atoms with Crippen molar-refractivity contribution in [3.63, 3.8) is 0 Å². The van der Waals surface area contributed by atoms with Crippen molar-refractivity contribution >= 4 is 11.6 Å². The van der Waals surface area contributed by atoms with Crippen LogP contribution in [0.25, 0.3) is 11.3 Å². The molecule has 0 radical (unpaired) electrons. The smallest absolute Gasteiger partial charge is 0.228 e. The molecule has 3 aromatic rings. The van der Waals surface area contributed by atoms with Crippen LogP contribution in [-0.4, -0.2) is 38.8 Å². The highest BCUT2D eigenvalue weighted by Gasteiger charge is 2.29. The lowest BCUT2D eigenvalue weighted by molar-refractivity contribution is -0.129. The monoisotopic (exact) mass is 395 g/mol. The van der Waals surface area contributed by atoms with Crippen LogP contribution >= 0.6 is 0 Å². The molecule has 29 heavy (non-hydrogen) atoms. The summed E-state index contributed by atoms with van der Waals surface area (Å²) in [5, 5.41) is 0. The fourth-order valence-corrected chi connectivity index (χ4v) is 3.46. The summed E-state index contributed by atoms with van der Waals surface area (Å²) in [5.74, 6) is -0.505. The number of hydrogen-bond donors (Lipinski definition) is 1. The zero-order chi connectivity index (χ0) is 20.4. The number of nitrogens with two attached hydrogens (primary N) is 1. The lowest BCUT2D eigenvalue weighted by Gasteiger charge is -2.17. The van der Waals surface area contributed by atoms with Gasteiger partial charge in [-0.2, -0.15) is 0 Å². The molecule has 1 aliphatic rings. The highest BCUT2D eigenvalue weighted by atomic mass is 19.1. The van der Waals surface area contributed by atoms with Gasteiger partial charge in [-0.05, 0) is 30.7 Å². The average Bonchev–Trinajstić information content (AvgIpc) is 3.21. The molecule has 1 saturated heterocycles. The number of halogens is 2. The van der Waals surface area contributed by atoms with Crippen LogP contribution in [0.4, 0.5) is 14.5 Å². The summed E-state index contributed by atoms with van der Waals surface area (Å²) in [4.78, 5) is 26.9. The van der Waals surface area contributed by atoms with Gasteiger partial charge in [0.05, 0.1) is 35.9 Å². The van der Waals surface area contributed by atoms with Crippen LogP contribution in [0, 0.1) is 11.6 Å². The Bertz CT molecular complexity index is 1040. The second-order valence-electron chi connectivity index (χ2n) is 6.97. The predicted octanol–water partition coefficient (Wildman–Crippen LogP) is 2.96. The Morgan fingerprint density at radius 1 is 1.14 bits per heavy atom. The Morgan fingerprint density at radius 2 is 1.90 bits per heavy atom. The highest BCUT2D eigenvalue weighted by Crippen LogP contribution is 2.26. The van der Waals surface area contributed by atoms with E-state index in [1.807, 2.05) is 0 Å². The molecule has 2 aromatic heterocycles. The van der Waals surface area contributed by atoms with E-state index in [2.05, 4.69) is 15.0 Å². The lowest BCUT2D eigenvalue weighted by atomic mass is 10.1. The fourth-order valence-electron chi connectivity index (χ4n) is 3.46. The van der Waals surface area contributed by atoms with E-state index < -0.39 is 5.82 Å². The van der Waals surface area contributed by atoms with Crippen molar-refractivity contribution in [3.8, 4) is 11.3 Å². The van der Waals surface area contributed by atoms with E-state index in [9.17, 15) is 13.6 Å². The molecule has 8 heteroatoms. The minimum Gasteiger partial charge on any atom is -0.397 e. The third kappa shape index (κ3) is 4.06. The van der Waals surface area contributed by atoms with Crippen molar-refractivity contribution in [2.45, 2.75) is 18.8 Å². The predicted molar refractivity (Wildman–Crippen MR) is 104 cm³/mol. The van der Waals surface area contributed by atoms with Crippen molar-refractivity contribution < 1.29 is 13.6 Å². The van der Waals surface area contributed by atoms with Crippen LogP contribution in [0.15, 0.2) is 48.8 Å². The minimum absolute atomic E-state index is 0.0190. The zero-order valence-electron chi connectivity index (χ0n) is 15.6. The van der Waals surface area contributed by atoms with E-state index in [4.69, 9.17) is 5.73 Å². The third-order valence-electron chi connectivity index (χ3n) is 5.02. The quantitative estimate of drug-likeness (QED) is 0.734. The first-order chi connectivity index (χ1) is 14.0. The van der Waals surface area contributed by atoms with E-state index in [-0.39, 0.29) is 24.1 Å². The number of nitrogens with zero attached hydrogens (tertiary/aromatic N) is 4. The summed E-state index contributed by atoms with van der Waals surface area (Å²) < 4.78 is 27.1. The molecule has 6 nitrogen and oxygen atoms in total. The van der Waals surface area contributed by atoms with Crippen molar-refractivity contribution in [1.29, 1.82) is 0 Å². The number of amides is 1. The first kappa shape index (κ1) is 18.9. The topological polar surface area (TPSA) is 85.0 Å². The van der Waals surface area contributed by atoms with Gasteiger partial charge in [0.15, 0.2) is 5.82 Å². The van der Waals surface area contributed by atoms with E-state index in [1.165, 1.54) is 6.07 Å². The maximum Gasteiger partial charge on any atom is 0.228 e. The van der Waals surface area contributed by atoms with E-state index >= 15 is 0 Å². The minimum atomic E-state index is -0.490. The Hall–Kier alpha value is -3.42. The van der Waals surface area contributed by atoms with Crippen molar-refractivity contribution in [1.82, 2.24) is 19.9 Å². The molecule has 0 spiro atoms. The number of nitrogen functional groups attached to an aromatic ring is 1. The van der Waals surface area contributed by atoms with Gasteiger partial charge in [0.25, 0.3) is 0 Å². The molecule has 1 unspecified atom stereocenters. The van der Waals surface area contributed by atoms with Crippen LogP contribution in [0.2, 0.25) is 0 Å². The normalized spacial score (nSPS) is 16.2. The van der Waals surface area contributed by atoms with Crippen molar-refractivity contribution in [2.24, 2.45) is 0 Å². The average molecular weight is 395 g/mol. The number of aromatic nitrogens is 3. The Balaban J connectivity index is 1.48. The lowest BCUT2D eigenvalue weighted by Crippen LogP contribution is -2.30. The first-order valence-corrected chi connectivity index (χ1v) is 9.27. The molecule has 0 bridgehead atoms. The number of rotatable bonds is 4. The molecule has 4 rings (SSSR count). The van der Waals surface area contributed by atoms with Crippen LogP contribution in [-0.2, 0) is 11.2 Å². The molecule has 2 N–H and O–H groups in total. The van der Waals surface area contributed by atoms with Crippen LogP contribution in [0.5, 0.6) is 0 Å². The summed E-state index contributed by atoms with van der Waals surface area (Å²) >= 11 is 0. The summed E-state index contributed by atoms with van der Waals surface area (Å²) in [6.07, 6.45) is 2.98. The van der Waals surface area contributed by atoms with Gasteiger partial charge in [-0.3, -0.25) is 9.78 Å². The van der Waals surface area contributed by atoms with Crippen LogP contribution in [0.1, 0.15) is 23.9 Å². The number of anilines is 1. The van der Waals surface area contributed by atoms with Gasteiger partial charge >= 0.3 is 0 Å². The zero-order valence-corrected chi connectivity index (χ0v) is 15.6. The SMILES string of the molecule is Nc1ccc(-c2ccccc2F)nc1CC(=O)N1CCC(c2ncc(F)cn2)C1. The van der Waals surface area contributed by atoms with Gasteiger partial charge in [-0.25, -0.2) is 18.7 Å². The first-order valence-electron chi connectivity index (χ1n) is 9.27. The van der Waals surface area contributed by atoms with Crippen molar-refractivity contribution in [3.05, 3.63) is 71.9 Å². The molecular formula is C21H19F2N5O. The maximum absolute atomic E-state index is 14.1. The van der Waals surface area contributed by atoms with E-state index in [1.54, 1.807) is 35.2 Å². The maximum atomic E-state index is 14.1. The standard InChI is InChI=1S/C21H19F2N5O/c22-14-10-25-21(26-11-14)13-7-8-28(12-13)20(29)9-19-17(24)5-6-18(27-19)15-3-1-2-4-16(15)23/h1-6,10-11,13H,7-9,12,24H2. The van der Waals surface area contributed by atoms with Gasteiger partial charge in [0, 0.05) is 24.6 Å². The summed E-state index contributed by atoms with van der Waals surface area (Å²) in [5.41, 5.74) is 7.59. The van der Waals surface area contributed by atoms with Gasteiger partial charge in [0.1, 0.15) is 11.6 Å². The van der Waals surface area contributed by atoms with Gasteiger partial charge in [0.2, 0.25) is 5.91 Å². The molecule has 1 aliphatic heterocycles. The largest absolute Gasteiger partial charge is 0.397 e. The highest BCUT2D eigenvalue weighted by molar-refractivity contribution is 5.80. The third-order valence-corrected chi connectivity index (χ3v) is 5.02. The number of benzene rings is 1. The van der Waals surface area contributed by atoms with Gasteiger partial charge in [-0.1, -0.05) is 12.1 Å². The second-order valence-corrected chi connectivity index (χ2v) is 6.97. The number of carbonyl (C=O) groups excluding carboxylic acids is 1. The van der Waals surface area contributed by atoms with Crippen LogP contribution in [0.3, 0.4) is 0 Å². The Kier molecular flexibility index (Phi) is 5.16. The Morgan fingerprint density at radius 3 is 2.66 bits per heavy atom. The fraction of sp³-hybridized carbons (Fsp3) is 0.238. The summed E-state index contributed by atoms with van der Waals surface area (Å²) in [6.45, 7) is 1.01. The number of likely N-dealkylation sites (tertiary alicyclic amines) is 1. The second kappa shape index (κ2) is 7.90. The molecule has 0 saturated carbocycles. The number of carbonyl (C=O) groups is 1. The molecule has 148 valence electrons. The molecular weight excluding hydrogens is 376 g/mol. The molecule has 1 atom stereocenters.